The molecule has 1 saturated heterocycles. The van der Waals surface area contributed by atoms with Crippen molar-refractivity contribution in [2.75, 3.05) is 26.3 Å². The van der Waals surface area contributed by atoms with Crippen molar-refractivity contribution in [2.24, 2.45) is 10.9 Å². The van der Waals surface area contributed by atoms with Crippen molar-refractivity contribution in [3.05, 3.63) is 46.0 Å². The van der Waals surface area contributed by atoms with E-state index >= 15 is 0 Å². The van der Waals surface area contributed by atoms with Gasteiger partial charge in [-0.15, -0.1) is 10.2 Å². The van der Waals surface area contributed by atoms with Crippen molar-refractivity contribution in [3.63, 3.8) is 0 Å². The number of hydrogen-bond donors (Lipinski definition) is 2. The summed E-state index contributed by atoms with van der Waals surface area (Å²) in [5.74, 6) is 2.24. The minimum Gasteiger partial charge on any atom is -0.381 e. The summed E-state index contributed by atoms with van der Waals surface area (Å²) in [7, 11) is 0. The van der Waals surface area contributed by atoms with Crippen LogP contribution in [0.3, 0.4) is 0 Å². The second-order valence-electron chi connectivity index (χ2n) is 6.73. The molecule has 2 heterocycles. The molecule has 1 fully saturated rings. The van der Waals surface area contributed by atoms with Crippen LogP contribution < -0.4 is 10.6 Å². The number of aliphatic imine (C=N–C) groups is 1. The molecule has 1 aliphatic heterocycles. The third-order valence-electron chi connectivity index (χ3n) is 4.66. The van der Waals surface area contributed by atoms with Gasteiger partial charge in [-0.05, 0) is 24.1 Å². The molecule has 0 radical (unpaired) electrons. The third kappa shape index (κ3) is 6.09. The van der Waals surface area contributed by atoms with Crippen molar-refractivity contribution in [1.82, 2.24) is 25.4 Å². The molecule has 1 aliphatic rings. The van der Waals surface area contributed by atoms with E-state index < -0.39 is 0 Å². The zero-order chi connectivity index (χ0) is 19.8. The number of halogens is 2. The molecule has 0 aliphatic carbocycles. The van der Waals surface area contributed by atoms with Crippen molar-refractivity contribution in [2.45, 2.75) is 32.9 Å². The number of hydrogen-bond acceptors (Lipinski definition) is 4. The third-order valence-corrected chi connectivity index (χ3v) is 5.25. The number of aromatic nitrogens is 3. The minimum absolute atomic E-state index is 0.472. The molecule has 0 bridgehead atoms. The number of benzene rings is 1. The Morgan fingerprint density at radius 2 is 2.25 bits per heavy atom. The molecule has 2 N–H and O–H groups in total. The number of ether oxygens (including phenoxy) is 1. The monoisotopic (exact) mass is 424 g/mol. The van der Waals surface area contributed by atoms with Crippen LogP contribution in [0.15, 0.2) is 29.5 Å². The maximum absolute atomic E-state index is 6.27. The molecular formula is C19H26Cl2N6O. The van der Waals surface area contributed by atoms with Crippen LogP contribution in [0, 0.1) is 5.92 Å². The Hall–Kier alpha value is -1.83. The van der Waals surface area contributed by atoms with E-state index in [0.29, 0.717) is 29.1 Å². The van der Waals surface area contributed by atoms with E-state index in [1.807, 2.05) is 16.7 Å². The topological polar surface area (TPSA) is 76.4 Å². The molecule has 0 amide bonds. The number of aryl methyl sites for hydroxylation is 1. The highest BCUT2D eigenvalue weighted by molar-refractivity contribution is 6.35. The quantitative estimate of drug-likeness (QED) is 0.503. The fraction of sp³-hybridized carbons (Fsp3) is 0.526. The van der Waals surface area contributed by atoms with Crippen LogP contribution in [0.1, 0.15) is 24.7 Å². The summed E-state index contributed by atoms with van der Waals surface area (Å²) in [6.45, 7) is 6.48. The standard InChI is InChI=1S/C19H26Cl2N6O/c1-2-18-26-25-13-27(18)7-6-22-19(23-10-14-5-8-28-12-14)24-11-15-3-4-16(20)9-17(15)21/h3-4,9,13-14H,2,5-8,10-12H2,1H3,(H2,22,23,24). The fourth-order valence-electron chi connectivity index (χ4n) is 3.01. The van der Waals surface area contributed by atoms with E-state index in [2.05, 4.69) is 27.8 Å². The molecule has 9 heteroatoms. The van der Waals surface area contributed by atoms with Gasteiger partial charge in [0.25, 0.3) is 0 Å². The van der Waals surface area contributed by atoms with E-state index in [1.54, 1.807) is 12.4 Å². The summed E-state index contributed by atoms with van der Waals surface area (Å²) in [4.78, 5) is 4.69. The van der Waals surface area contributed by atoms with Gasteiger partial charge < -0.3 is 19.9 Å². The summed E-state index contributed by atoms with van der Waals surface area (Å²) in [6, 6.07) is 5.47. The Morgan fingerprint density at radius 3 is 3.00 bits per heavy atom. The van der Waals surface area contributed by atoms with Crippen LogP contribution in [-0.4, -0.2) is 47.0 Å². The van der Waals surface area contributed by atoms with Crippen LogP contribution >= 0.6 is 23.2 Å². The van der Waals surface area contributed by atoms with Crippen LogP contribution in [0.2, 0.25) is 10.0 Å². The van der Waals surface area contributed by atoms with E-state index in [1.165, 1.54) is 0 Å². The highest BCUT2D eigenvalue weighted by Gasteiger charge is 2.16. The molecule has 1 aromatic heterocycles. The highest BCUT2D eigenvalue weighted by Crippen LogP contribution is 2.21. The fourth-order valence-corrected chi connectivity index (χ4v) is 3.48. The van der Waals surface area contributed by atoms with Gasteiger partial charge in [0.1, 0.15) is 12.2 Å². The van der Waals surface area contributed by atoms with Gasteiger partial charge in [-0.3, -0.25) is 0 Å². The van der Waals surface area contributed by atoms with Gasteiger partial charge in [-0.2, -0.15) is 0 Å². The Bertz CT molecular complexity index is 788. The lowest BCUT2D eigenvalue weighted by Crippen LogP contribution is -2.41. The lowest BCUT2D eigenvalue weighted by Gasteiger charge is -2.16. The highest BCUT2D eigenvalue weighted by atomic mass is 35.5. The maximum Gasteiger partial charge on any atom is 0.191 e. The zero-order valence-electron chi connectivity index (χ0n) is 16.0. The second-order valence-corrected chi connectivity index (χ2v) is 7.58. The summed E-state index contributed by atoms with van der Waals surface area (Å²) >= 11 is 12.2. The smallest absolute Gasteiger partial charge is 0.191 e. The minimum atomic E-state index is 0.472. The molecule has 2 aromatic rings. The van der Waals surface area contributed by atoms with E-state index in [-0.39, 0.29) is 0 Å². The van der Waals surface area contributed by atoms with Gasteiger partial charge in [0, 0.05) is 48.6 Å². The van der Waals surface area contributed by atoms with Gasteiger partial charge in [0.2, 0.25) is 0 Å². The van der Waals surface area contributed by atoms with Gasteiger partial charge in [-0.25, -0.2) is 4.99 Å². The van der Waals surface area contributed by atoms with Gasteiger partial charge in [0.15, 0.2) is 5.96 Å². The van der Waals surface area contributed by atoms with Crippen molar-refractivity contribution in [3.8, 4) is 0 Å². The first-order valence-electron chi connectivity index (χ1n) is 9.56. The number of nitrogens with one attached hydrogen (secondary N) is 2. The molecule has 1 atom stereocenters. The summed E-state index contributed by atoms with van der Waals surface area (Å²) in [6.07, 6.45) is 3.69. The first-order chi connectivity index (χ1) is 13.7. The normalized spacial score (nSPS) is 17.1. The SMILES string of the molecule is CCc1nncn1CCNC(=NCc1ccc(Cl)cc1Cl)NCC1CCOC1. The molecular weight excluding hydrogens is 399 g/mol. The van der Waals surface area contributed by atoms with Crippen LogP contribution in [0.5, 0.6) is 0 Å². The van der Waals surface area contributed by atoms with Crippen molar-refractivity contribution >= 4 is 29.2 Å². The first kappa shape index (κ1) is 20.9. The Labute approximate surface area is 175 Å². The van der Waals surface area contributed by atoms with Crippen LogP contribution in [0.25, 0.3) is 0 Å². The molecule has 0 spiro atoms. The maximum atomic E-state index is 6.27. The molecule has 7 nitrogen and oxygen atoms in total. The number of guanidine groups is 1. The predicted octanol–water partition coefficient (Wildman–Crippen LogP) is 2.92. The Morgan fingerprint density at radius 1 is 1.36 bits per heavy atom. The summed E-state index contributed by atoms with van der Waals surface area (Å²) < 4.78 is 7.50. The second kappa shape index (κ2) is 10.6. The Balaban J connectivity index is 1.59. The molecule has 0 saturated carbocycles. The van der Waals surface area contributed by atoms with E-state index in [9.17, 15) is 0 Å². The van der Waals surface area contributed by atoms with Gasteiger partial charge >= 0.3 is 0 Å². The van der Waals surface area contributed by atoms with E-state index in [4.69, 9.17) is 32.9 Å². The van der Waals surface area contributed by atoms with Crippen LogP contribution in [0.4, 0.5) is 0 Å². The molecule has 1 unspecified atom stereocenters. The first-order valence-corrected chi connectivity index (χ1v) is 10.3. The summed E-state index contributed by atoms with van der Waals surface area (Å²) in [5.41, 5.74) is 0.934. The Kier molecular flexibility index (Phi) is 7.94. The number of rotatable bonds is 8. The lowest BCUT2D eigenvalue weighted by molar-refractivity contribution is 0.186. The van der Waals surface area contributed by atoms with Crippen molar-refractivity contribution < 1.29 is 4.74 Å². The summed E-state index contributed by atoms with van der Waals surface area (Å²) in [5, 5.41) is 16.1. The van der Waals surface area contributed by atoms with Crippen molar-refractivity contribution in [1.29, 1.82) is 0 Å². The van der Waals surface area contributed by atoms with Gasteiger partial charge in [-0.1, -0.05) is 36.2 Å². The lowest BCUT2D eigenvalue weighted by atomic mass is 10.1. The largest absolute Gasteiger partial charge is 0.381 e. The van der Waals surface area contributed by atoms with Gasteiger partial charge in [0.05, 0.1) is 13.2 Å². The average Bonchev–Trinajstić information content (AvgIpc) is 3.36. The predicted molar refractivity (Wildman–Crippen MR) is 112 cm³/mol. The average molecular weight is 425 g/mol. The zero-order valence-corrected chi connectivity index (χ0v) is 17.5. The molecule has 152 valence electrons. The molecule has 3 rings (SSSR count). The van der Waals surface area contributed by atoms with Crippen LogP contribution in [-0.2, 0) is 24.2 Å². The molecule has 28 heavy (non-hydrogen) atoms. The number of nitrogens with zero attached hydrogens (tertiary/aromatic N) is 4. The molecule has 1 aromatic carbocycles. The van der Waals surface area contributed by atoms with E-state index in [0.717, 1.165) is 56.5 Å².